The largest absolute Gasteiger partial charge is 0.478 e. The summed E-state index contributed by atoms with van der Waals surface area (Å²) in [7, 11) is 0. The Bertz CT molecular complexity index is 618. The molecule has 0 aliphatic carbocycles. The molecule has 0 atom stereocenters. The molecule has 19 heavy (non-hydrogen) atoms. The van der Waals surface area contributed by atoms with Crippen LogP contribution in [0.15, 0.2) is 30.3 Å². The molecule has 0 fully saturated rings. The quantitative estimate of drug-likeness (QED) is 0.912. The van der Waals surface area contributed by atoms with E-state index in [0.717, 1.165) is 0 Å². The van der Waals surface area contributed by atoms with Crippen LogP contribution in [-0.2, 0) is 6.18 Å². The normalized spacial score (nSPS) is 11.6. The first-order valence-electron chi connectivity index (χ1n) is 5.28. The van der Waals surface area contributed by atoms with Crippen LogP contribution in [0.5, 0.6) is 0 Å². The number of alkyl halides is 3. The topological polar surface area (TPSA) is 55.1 Å². The first-order valence-corrected chi connectivity index (χ1v) is 5.28. The van der Waals surface area contributed by atoms with Gasteiger partial charge in [0.25, 0.3) is 0 Å². The lowest BCUT2D eigenvalue weighted by atomic mass is 10.2. The lowest BCUT2D eigenvalue weighted by molar-refractivity contribution is -0.143. The van der Waals surface area contributed by atoms with E-state index in [1.165, 1.54) is 19.1 Å². The van der Waals surface area contributed by atoms with Gasteiger partial charge < -0.3 is 5.11 Å². The van der Waals surface area contributed by atoms with E-state index in [4.69, 9.17) is 5.11 Å². The molecular formula is C12H9F3N2O2. The molecule has 2 aromatic rings. The molecule has 4 nitrogen and oxygen atoms in total. The number of hydrogen-bond donors (Lipinski definition) is 1. The van der Waals surface area contributed by atoms with E-state index in [1.807, 2.05) is 0 Å². The summed E-state index contributed by atoms with van der Waals surface area (Å²) in [4.78, 5) is 11.0. The molecule has 0 spiro atoms. The summed E-state index contributed by atoms with van der Waals surface area (Å²) in [5.74, 6) is -1.65. The number of carboxylic acid groups (broad SMARTS) is 1. The third kappa shape index (κ3) is 2.31. The first-order chi connectivity index (χ1) is 8.82. The predicted octanol–water partition coefficient (Wildman–Crippen LogP) is 2.90. The molecule has 0 aliphatic heterocycles. The molecule has 100 valence electrons. The Morgan fingerprint density at radius 1 is 1.26 bits per heavy atom. The van der Waals surface area contributed by atoms with Crippen molar-refractivity contribution in [2.24, 2.45) is 0 Å². The number of hydrogen-bond acceptors (Lipinski definition) is 2. The van der Waals surface area contributed by atoms with Crippen LogP contribution in [0, 0.1) is 6.92 Å². The molecule has 0 bridgehead atoms. The summed E-state index contributed by atoms with van der Waals surface area (Å²) in [5.41, 5.74) is -2.12. The van der Waals surface area contributed by atoms with Crippen LogP contribution >= 0.6 is 0 Å². The Hall–Kier alpha value is -2.31. The van der Waals surface area contributed by atoms with E-state index >= 15 is 0 Å². The lowest BCUT2D eigenvalue weighted by Gasteiger charge is -2.11. The number of para-hydroxylation sites is 1. The zero-order chi connectivity index (χ0) is 14.2. The summed E-state index contributed by atoms with van der Waals surface area (Å²) in [5, 5.41) is 12.6. The van der Waals surface area contributed by atoms with E-state index in [1.54, 1.807) is 18.2 Å². The van der Waals surface area contributed by atoms with Gasteiger partial charge in [-0.2, -0.15) is 18.3 Å². The second-order valence-electron chi connectivity index (χ2n) is 3.86. The highest BCUT2D eigenvalue weighted by Crippen LogP contribution is 2.35. The molecule has 0 radical (unpaired) electrons. The van der Waals surface area contributed by atoms with Gasteiger partial charge in [0, 0.05) is 0 Å². The van der Waals surface area contributed by atoms with E-state index in [0.29, 0.717) is 4.68 Å². The molecule has 1 aromatic carbocycles. The number of rotatable bonds is 2. The van der Waals surface area contributed by atoms with Crippen molar-refractivity contribution in [2.75, 3.05) is 0 Å². The maximum absolute atomic E-state index is 13.0. The van der Waals surface area contributed by atoms with Gasteiger partial charge in [-0.1, -0.05) is 18.2 Å². The number of aromatic nitrogens is 2. The Balaban J connectivity index is 2.76. The number of benzene rings is 1. The second-order valence-corrected chi connectivity index (χ2v) is 3.86. The van der Waals surface area contributed by atoms with Gasteiger partial charge in [0.1, 0.15) is 5.56 Å². The van der Waals surface area contributed by atoms with E-state index in [-0.39, 0.29) is 11.4 Å². The highest BCUT2D eigenvalue weighted by molar-refractivity contribution is 5.90. The van der Waals surface area contributed by atoms with Gasteiger partial charge in [-0.15, -0.1) is 0 Å². The van der Waals surface area contributed by atoms with Crippen molar-refractivity contribution in [3.8, 4) is 5.69 Å². The average Bonchev–Trinajstić information content (AvgIpc) is 2.68. The Morgan fingerprint density at radius 3 is 2.32 bits per heavy atom. The van der Waals surface area contributed by atoms with Gasteiger partial charge in [0.15, 0.2) is 5.69 Å². The van der Waals surface area contributed by atoms with E-state index < -0.39 is 23.4 Å². The smallest absolute Gasteiger partial charge is 0.434 e. The van der Waals surface area contributed by atoms with Gasteiger partial charge in [0.05, 0.1) is 11.4 Å². The second kappa shape index (κ2) is 4.42. The minimum Gasteiger partial charge on any atom is -0.478 e. The summed E-state index contributed by atoms with van der Waals surface area (Å²) in [6, 6.07) is 7.59. The standard InChI is InChI=1S/C12H9F3N2O2/c1-7-9(11(18)19)10(12(13,14)15)17(16-7)8-5-3-2-4-6-8/h2-6H,1H3,(H,18,19). The van der Waals surface area contributed by atoms with Crippen LogP contribution in [0.4, 0.5) is 13.2 Å². The van der Waals surface area contributed by atoms with Crippen LogP contribution in [-0.4, -0.2) is 20.9 Å². The summed E-state index contributed by atoms with van der Waals surface area (Å²) in [6.07, 6.45) is -4.80. The number of carbonyl (C=O) groups is 1. The third-order valence-corrected chi connectivity index (χ3v) is 2.54. The van der Waals surface area contributed by atoms with Gasteiger partial charge in [-0.05, 0) is 19.1 Å². The van der Waals surface area contributed by atoms with Crippen molar-refractivity contribution < 1.29 is 23.1 Å². The zero-order valence-electron chi connectivity index (χ0n) is 9.77. The molecule has 2 rings (SSSR count). The molecule has 7 heteroatoms. The molecule has 1 heterocycles. The van der Waals surface area contributed by atoms with Crippen molar-refractivity contribution in [1.82, 2.24) is 9.78 Å². The van der Waals surface area contributed by atoms with Crippen molar-refractivity contribution in [1.29, 1.82) is 0 Å². The highest BCUT2D eigenvalue weighted by atomic mass is 19.4. The van der Waals surface area contributed by atoms with Gasteiger partial charge in [0.2, 0.25) is 0 Å². The lowest BCUT2D eigenvalue weighted by Crippen LogP contribution is -2.17. The maximum Gasteiger partial charge on any atom is 0.434 e. The molecule has 0 unspecified atom stereocenters. The van der Waals surface area contributed by atoms with Gasteiger partial charge in [-0.25, -0.2) is 9.48 Å². The minimum absolute atomic E-state index is 0.158. The van der Waals surface area contributed by atoms with E-state index in [9.17, 15) is 18.0 Å². The average molecular weight is 270 g/mol. The fourth-order valence-electron chi connectivity index (χ4n) is 1.80. The van der Waals surface area contributed by atoms with Crippen LogP contribution in [0.1, 0.15) is 21.7 Å². The first kappa shape index (κ1) is 13.1. The van der Waals surface area contributed by atoms with E-state index in [2.05, 4.69) is 5.10 Å². The summed E-state index contributed by atoms with van der Waals surface area (Å²) >= 11 is 0. The third-order valence-electron chi connectivity index (χ3n) is 2.54. The Labute approximate surface area is 106 Å². The molecule has 0 saturated heterocycles. The predicted molar refractivity (Wildman–Crippen MR) is 60.3 cm³/mol. The Morgan fingerprint density at radius 2 is 1.84 bits per heavy atom. The number of aryl methyl sites for hydroxylation is 1. The molecule has 1 aromatic heterocycles. The van der Waals surface area contributed by atoms with Crippen LogP contribution in [0.2, 0.25) is 0 Å². The van der Waals surface area contributed by atoms with Gasteiger partial charge >= 0.3 is 12.1 Å². The van der Waals surface area contributed by atoms with Gasteiger partial charge in [-0.3, -0.25) is 0 Å². The number of nitrogens with zero attached hydrogens (tertiary/aromatic N) is 2. The minimum atomic E-state index is -4.80. The maximum atomic E-state index is 13.0. The van der Waals surface area contributed by atoms with Crippen molar-refractivity contribution >= 4 is 5.97 Å². The summed E-state index contributed by atoms with van der Waals surface area (Å²) < 4.78 is 39.7. The van der Waals surface area contributed by atoms with Crippen LogP contribution < -0.4 is 0 Å². The Kier molecular flexibility index (Phi) is 3.05. The highest BCUT2D eigenvalue weighted by Gasteiger charge is 2.41. The monoisotopic (exact) mass is 270 g/mol. The fourth-order valence-corrected chi connectivity index (χ4v) is 1.80. The number of halogens is 3. The van der Waals surface area contributed by atoms with Crippen molar-refractivity contribution in [3.05, 3.63) is 47.3 Å². The van der Waals surface area contributed by atoms with Crippen LogP contribution in [0.3, 0.4) is 0 Å². The molecule has 0 amide bonds. The number of aromatic carboxylic acids is 1. The SMILES string of the molecule is Cc1nn(-c2ccccc2)c(C(F)(F)F)c1C(=O)O. The molecule has 0 saturated carbocycles. The molecular weight excluding hydrogens is 261 g/mol. The van der Waals surface area contributed by atoms with Crippen LogP contribution in [0.25, 0.3) is 5.69 Å². The van der Waals surface area contributed by atoms with Crippen molar-refractivity contribution in [3.63, 3.8) is 0 Å². The zero-order valence-corrected chi connectivity index (χ0v) is 9.77. The molecule has 1 N–H and O–H groups in total. The fraction of sp³-hybridized carbons (Fsp3) is 0.167. The summed E-state index contributed by atoms with van der Waals surface area (Å²) in [6.45, 7) is 1.23. The molecule has 0 aliphatic rings. The number of carboxylic acids is 1. The van der Waals surface area contributed by atoms with Crippen molar-refractivity contribution in [2.45, 2.75) is 13.1 Å².